The molecule has 0 aliphatic rings. The second-order valence-corrected chi connectivity index (χ2v) is 5.98. The zero-order valence-corrected chi connectivity index (χ0v) is 14.8. The number of pyridine rings is 1. The summed E-state index contributed by atoms with van der Waals surface area (Å²) in [5, 5.41) is 6.05. The summed E-state index contributed by atoms with van der Waals surface area (Å²) in [6, 6.07) is 9.53. The van der Waals surface area contributed by atoms with Crippen LogP contribution >= 0.6 is 15.9 Å². The van der Waals surface area contributed by atoms with Gasteiger partial charge in [-0.1, -0.05) is 15.9 Å². The molecule has 122 valence electrons. The number of methoxy groups -OCH3 is 1. The minimum atomic E-state index is -0.125. The molecule has 0 aliphatic carbocycles. The van der Waals surface area contributed by atoms with Gasteiger partial charge in [0.15, 0.2) is 0 Å². The van der Waals surface area contributed by atoms with Gasteiger partial charge in [0.2, 0.25) is 0 Å². The number of carbonyl (C=O) groups excluding carboxylic acids is 1. The molecular weight excluding hydrogens is 358 g/mol. The van der Waals surface area contributed by atoms with Crippen LogP contribution in [0.15, 0.2) is 41.0 Å². The molecule has 5 nitrogen and oxygen atoms in total. The lowest BCUT2D eigenvalue weighted by atomic mass is 10.2. The molecule has 1 aromatic heterocycles. The number of nitrogens with zero attached hydrogens (tertiary/aromatic N) is 1. The molecule has 0 saturated heterocycles. The van der Waals surface area contributed by atoms with E-state index < -0.39 is 0 Å². The van der Waals surface area contributed by atoms with Crippen molar-refractivity contribution in [3.05, 3.63) is 52.1 Å². The van der Waals surface area contributed by atoms with Crippen LogP contribution in [0.5, 0.6) is 0 Å². The number of amides is 1. The molecule has 0 saturated carbocycles. The van der Waals surface area contributed by atoms with Gasteiger partial charge >= 0.3 is 0 Å². The Kier molecular flexibility index (Phi) is 6.55. The van der Waals surface area contributed by atoms with Gasteiger partial charge in [-0.25, -0.2) is 4.98 Å². The first kappa shape index (κ1) is 17.4. The van der Waals surface area contributed by atoms with Crippen molar-refractivity contribution in [3.8, 4) is 0 Å². The molecule has 1 amide bonds. The number of benzene rings is 1. The Labute approximate surface area is 144 Å². The highest BCUT2D eigenvalue weighted by atomic mass is 79.9. The van der Waals surface area contributed by atoms with Crippen molar-refractivity contribution < 1.29 is 9.53 Å². The lowest BCUT2D eigenvalue weighted by Gasteiger charge is -2.08. The van der Waals surface area contributed by atoms with Crippen LogP contribution in [0.25, 0.3) is 0 Å². The summed E-state index contributed by atoms with van der Waals surface area (Å²) in [6.45, 7) is 3.25. The van der Waals surface area contributed by atoms with Crippen molar-refractivity contribution in [1.29, 1.82) is 0 Å². The van der Waals surface area contributed by atoms with E-state index in [1.54, 1.807) is 25.4 Å². The van der Waals surface area contributed by atoms with E-state index in [4.69, 9.17) is 4.74 Å². The zero-order chi connectivity index (χ0) is 16.7. The predicted octanol–water partition coefficient (Wildman–Crippen LogP) is 3.66. The number of ether oxygens (including phenoxy) is 1. The van der Waals surface area contributed by atoms with Gasteiger partial charge in [-0.3, -0.25) is 4.79 Å². The molecule has 0 bridgehead atoms. The number of anilines is 2. The molecular formula is C17H20BrN3O2. The first-order valence-electron chi connectivity index (χ1n) is 7.36. The predicted molar refractivity (Wildman–Crippen MR) is 95.2 cm³/mol. The van der Waals surface area contributed by atoms with Gasteiger partial charge in [0.25, 0.3) is 5.91 Å². The quantitative estimate of drug-likeness (QED) is 0.722. The number of nitrogens with one attached hydrogen (secondary N) is 2. The Bertz CT molecular complexity index is 659. The minimum Gasteiger partial charge on any atom is -0.385 e. The van der Waals surface area contributed by atoms with Crippen molar-refractivity contribution >= 4 is 33.3 Å². The van der Waals surface area contributed by atoms with Gasteiger partial charge in [-0.15, -0.1) is 0 Å². The lowest BCUT2D eigenvalue weighted by molar-refractivity contribution is 0.0948. The van der Waals surface area contributed by atoms with Crippen LogP contribution in [0.1, 0.15) is 22.3 Å². The van der Waals surface area contributed by atoms with Gasteiger partial charge in [0.05, 0.1) is 5.56 Å². The fourth-order valence-electron chi connectivity index (χ4n) is 1.99. The van der Waals surface area contributed by atoms with E-state index in [1.165, 1.54) is 0 Å². The van der Waals surface area contributed by atoms with Crippen LogP contribution in [0.4, 0.5) is 11.5 Å². The molecule has 0 spiro atoms. The first-order chi connectivity index (χ1) is 11.1. The van der Waals surface area contributed by atoms with Crippen molar-refractivity contribution in [2.45, 2.75) is 13.3 Å². The zero-order valence-electron chi connectivity index (χ0n) is 13.2. The second kappa shape index (κ2) is 8.64. The molecule has 6 heteroatoms. The summed E-state index contributed by atoms with van der Waals surface area (Å²) in [5.41, 5.74) is 2.64. The van der Waals surface area contributed by atoms with Crippen molar-refractivity contribution in [2.24, 2.45) is 0 Å². The highest BCUT2D eigenvalue weighted by molar-refractivity contribution is 9.10. The van der Waals surface area contributed by atoms with E-state index in [2.05, 4.69) is 31.5 Å². The van der Waals surface area contributed by atoms with E-state index in [0.29, 0.717) is 24.5 Å². The largest absolute Gasteiger partial charge is 0.385 e. The smallest absolute Gasteiger partial charge is 0.252 e. The van der Waals surface area contributed by atoms with Gasteiger partial charge in [-0.2, -0.15) is 0 Å². The fraction of sp³-hybridized carbons (Fsp3) is 0.294. The third kappa shape index (κ3) is 5.33. The lowest BCUT2D eigenvalue weighted by Crippen LogP contribution is -2.25. The molecule has 0 fully saturated rings. The average Bonchev–Trinajstić information content (AvgIpc) is 2.55. The van der Waals surface area contributed by atoms with Crippen molar-refractivity contribution in [1.82, 2.24) is 10.3 Å². The Morgan fingerprint density at radius 2 is 2.13 bits per heavy atom. The van der Waals surface area contributed by atoms with Crippen molar-refractivity contribution in [2.75, 3.05) is 25.6 Å². The molecule has 23 heavy (non-hydrogen) atoms. The number of halogens is 1. The van der Waals surface area contributed by atoms with E-state index in [9.17, 15) is 4.79 Å². The molecule has 0 atom stereocenters. The van der Waals surface area contributed by atoms with Gasteiger partial charge in [-0.05, 0) is 49.2 Å². The third-order valence-corrected chi connectivity index (χ3v) is 4.16. The van der Waals surface area contributed by atoms with Crippen LogP contribution in [-0.4, -0.2) is 31.2 Å². The van der Waals surface area contributed by atoms with Crippen LogP contribution in [0.3, 0.4) is 0 Å². The molecule has 2 aromatic rings. The standard InChI is InChI=1S/C17H20BrN3O2/c1-12-10-14(5-6-15(12)18)21-16-7-4-13(11-20-16)17(22)19-8-3-9-23-2/h4-7,10-11H,3,8-9H2,1-2H3,(H,19,22)(H,20,21). The third-order valence-electron chi connectivity index (χ3n) is 3.27. The molecule has 2 N–H and O–H groups in total. The summed E-state index contributed by atoms with van der Waals surface area (Å²) in [4.78, 5) is 16.2. The average molecular weight is 378 g/mol. The van der Waals surface area contributed by atoms with E-state index in [-0.39, 0.29) is 5.91 Å². The molecule has 1 aromatic carbocycles. The summed E-state index contributed by atoms with van der Waals surface area (Å²) in [7, 11) is 1.64. The highest BCUT2D eigenvalue weighted by Gasteiger charge is 2.06. The number of hydrogen-bond acceptors (Lipinski definition) is 4. The van der Waals surface area contributed by atoms with Crippen molar-refractivity contribution in [3.63, 3.8) is 0 Å². The summed E-state index contributed by atoms with van der Waals surface area (Å²) < 4.78 is 6.01. The molecule has 0 unspecified atom stereocenters. The maximum Gasteiger partial charge on any atom is 0.252 e. The Morgan fingerprint density at radius 1 is 1.30 bits per heavy atom. The maximum atomic E-state index is 11.9. The number of aromatic nitrogens is 1. The van der Waals surface area contributed by atoms with Crippen LogP contribution < -0.4 is 10.6 Å². The van der Waals surface area contributed by atoms with E-state index >= 15 is 0 Å². The van der Waals surface area contributed by atoms with Crippen LogP contribution in [0, 0.1) is 6.92 Å². The molecule has 0 aliphatic heterocycles. The van der Waals surface area contributed by atoms with Gasteiger partial charge in [0.1, 0.15) is 5.82 Å². The minimum absolute atomic E-state index is 0.125. The summed E-state index contributed by atoms with van der Waals surface area (Å²) in [5.74, 6) is 0.572. The number of aryl methyl sites for hydroxylation is 1. The van der Waals surface area contributed by atoms with Crippen LogP contribution in [0.2, 0.25) is 0 Å². The summed E-state index contributed by atoms with van der Waals surface area (Å²) >= 11 is 3.47. The van der Waals surface area contributed by atoms with Gasteiger partial charge < -0.3 is 15.4 Å². The fourth-order valence-corrected chi connectivity index (χ4v) is 2.24. The van der Waals surface area contributed by atoms with Gasteiger partial charge in [0, 0.05) is 36.6 Å². The van der Waals surface area contributed by atoms with E-state index in [0.717, 1.165) is 22.1 Å². The Morgan fingerprint density at radius 3 is 2.78 bits per heavy atom. The summed E-state index contributed by atoms with van der Waals surface area (Å²) in [6.07, 6.45) is 2.36. The van der Waals surface area contributed by atoms with E-state index in [1.807, 2.05) is 25.1 Å². The first-order valence-corrected chi connectivity index (χ1v) is 8.16. The monoisotopic (exact) mass is 377 g/mol. The SMILES string of the molecule is COCCCNC(=O)c1ccc(Nc2ccc(Br)c(C)c2)nc1. The van der Waals surface area contributed by atoms with Crippen LogP contribution in [-0.2, 0) is 4.74 Å². The number of rotatable bonds is 7. The maximum absolute atomic E-state index is 11.9. The second-order valence-electron chi connectivity index (χ2n) is 5.12. The topological polar surface area (TPSA) is 63.2 Å². The number of hydrogen-bond donors (Lipinski definition) is 2. The molecule has 1 heterocycles. The molecule has 0 radical (unpaired) electrons. The molecule has 2 rings (SSSR count). The normalized spacial score (nSPS) is 10.4. The Hall–Kier alpha value is -1.92. The number of carbonyl (C=O) groups is 1. The highest BCUT2D eigenvalue weighted by Crippen LogP contribution is 2.22. The Balaban J connectivity index is 1.93.